The van der Waals surface area contributed by atoms with Gasteiger partial charge in [-0.05, 0) is 37.1 Å². The Morgan fingerprint density at radius 1 is 1.50 bits per heavy atom. The smallest absolute Gasteiger partial charge is 0.173 e. The van der Waals surface area contributed by atoms with Crippen molar-refractivity contribution in [2.75, 3.05) is 13.7 Å². The van der Waals surface area contributed by atoms with Crippen molar-refractivity contribution in [3.8, 4) is 18.1 Å². The maximum Gasteiger partial charge on any atom is 0.173 e. The van der Waals surface area contributed by atoms with Crippen molar-refractivity contribution in [1.82, 2.24) is 5.32 Å². The van der Waals surface area contributed by atoms with E-state index in [1.807, 2.05) is 12.1 Å². The van der Waals surface area contributed by atoms with Crippen LogP contribution < -0.4 is 15.8 Å². The summed E-state index contributed by atoms with van der Waals surface area (Å²) < 4.78 is 5.25. The fourth-order valence-corrected chi connectivity index (χ4v) is 1.82. The van der Waals surface area contributed by atoms with Gasteiger partial charge in [-0.15, -0.1) is 12.3 Å². The fraction of sp³-hybridized carbons (Fsp3) is 0.400. The maximum absolute atomic E-state index is 8.70. The summed E-state index contributed by atoms with van der Waals surface area (Å²) in [4.78, 5) is 0. The highest BCUT2D eigenvalue weighted by atomic mass is 16.5. The molecule has 0 radical (unpaired) electrons. The summed E-state index contributed by atoms with van der Waals surface area (Å²) in [6.07, 6.45) is 8.11. The molecule has 5 nitrogen and oxygen atoms in total. The first-order chi connectivity index (χ1) is 9.72. The van der Waals surface area contributed by atoms with Crippen LogP contribution in [-0.2, 0) is 6.54 Å². The van der Waals surface area contributed by atoms with E-state index in [0.717, 1.165) is 37.9 Å². The molecule has 0 unspecified atom stereocenters. The SMILES string of the molecule is C#CCCCCNCc1ccc(/C(N)=N/O)c(OC)c1. The predicted molar refractivity (Wildman–Crippen MR) is 79.9 cm³/mol. The van der Waals surface area contributed by atoms with Crippen LogP contribution in [0.3, 0.4) is 0 Å². The molecular formula is C15H21N3O2. The number of hydrogen-bond acceptors (Lipinski definition) is 4. The first kappa shape index (κ1) is 15.9. The average molecular weight is 275 g/mol. The molecule has 0 saturated carbocycles. The quantitative estimate of drug-likeness (QED) is 0.168. The number of oxime groups is 1. The largest absolute Gasteiger partial charge is 0.496 e. The van der Waals surface area contributed by atoms with Gasteiger partial charge in [-0.1, -0.05) is 11.2 Å². The van der Waals surface area contributed by atoms with Crippen LogP contribution in [0.2, 0.25) is 0 Å². The average Bonchev–Trinajstić information content (AvgIpc) is 2.49. The van der Waals surface area contributed by atoms with Crippen molar-refractivity contribution in [2.24, 2.45) is 10.9 Å². The zero-order chi connectivity index (χ0) is 14.8. The van der Waals surface area contributed by atoms with E-state index < -0.39 is 0 Å². The number of benzene rings is 1. The van der Waals surface area contributed by atoms with E-state index in [2.05, 4.69) is 16.4 Å². The topological polar surface area (TPSA) is 79.9 Å². The summed E-state index contributed by atoms with van der Waals surface area (Å²) in [7, 11) is 1.56. The Balaban J connectivity index is 2.54. The molecule has 0 aliphatic heterocycles. The standard InChI is InChI=1S/C15H21N3O2/c1-3-4-5-6-9-17-11-12-7-8-13(15(16)18-19)14(10-12)20-2/h1,7-8,10,17,19H,4-6,9,11H2,2H3,(H2,16,18). The van der Waals surface area contributed by atoms with Gasteiger partial charge in [0.15, 0.2) is 5.84 Å². The van der Waals surface area contributed by atoms with Gasteiger partial charge in [-0.3, -0.25) is 0 Å². The summed E-state index contributed by atoms with van der Waals surface area (Å²) in [5.74, 6) is 3.25. The Morgan fingerprint density at radius 3 is 2.95 bits per heavy atom. The van der Waals surface area contributed by atoms with Gasteiger partial charge in [0, 0.05) is 13.0 Å². The number of rotatable bonds is 8. The molecule has 0 saturated heterocycles. The second-order valence-corrected chi connectivity index (χ2v) is 4.36. The number of methoxy groups -OCH3 is 1. The van der Waals surface area contributed by atoms with Gasteiger partial charge in [0.25, 0.3) is 0 Å². The molecule has 0 atom stereocenters. The molecule has 0 aliphatic carbocycles. The minimum Gasteiger partial charge on any atom is -0.496 e. The van der Waals surface area contributed by atoms with E-state index in [4.69, 9.17) is 22.1 Å². The van der Waals surface area contributed by atoms with Crippen LogP contribution in [0.15, 0.2) is 23.4 Å². The molecule has 0 aliphatic rings. The Bertz CT molecular complexity index is 492. The molecule has 20 heavy (non-hydrogen) atoms. The molecule has 1 aromatic rings. The number of ether oxygens (including phenoxy) is 1. The van der Waals surface area contributed by atoms with Gasteiger partial charge < -0.3 is 21.0 Å². The van der Waals surface area contributed by atoms with Crippen LogP contribution in [0, 0.1) is 12.3 Å². The van der Waals surface area contributed by atoms with Gasteiger partial charge in [0.1, 0.15) is 5.75 Å². The predicted octanol–water partition coefficient (Wildman–Crippen LogP) is 1.68. The van der Waals surface area contributed by atoms with Crippen LogP contribution in [0.5, 0.6) is 5.75 Å². The third-order valence-electron chi connectivity index (χ3n) is 2.90. The lowest BCUT2D eigenvalue weighted by Crippen LogP contribution is -2.17. The Hall–Kier alpha value is -2.19. The number of amidine groups is 1. The highest BCUT2D eigenvalue weighted by Gasteiger charge is 2.08. The molecule has 4 N–H and O–H groups in total. The lowest BCUT2D eigenvalue weighted by Gasteiger charge is -2.10. The van der Waals surface area contributed by atoms with Gasteiger partial charge in [0.05, 0.1) is 12.7 Å². The van der Waals surface area contributed by atoms with E-state index in [0.29, 0.717) is 11.3 Å². The summed E-state index contributed by atoms with van der Waals surface area (Å²) in [5.41, 5.74) is 7.23. The fourth-order valence-electron chi connectivity index (χ4n) is 1.82. The highest BCUT2D eigenvalue weighted by Crippen LogP contribution is 2.20. The number of hydrogen-bond donors (Lipinski definition) is 3. The molecule has 0 amide bonds. The van der Waals surface area contributed by atoms with E-state index >= 15 is 0 Å². The Labute approximate surface area is 119 Å². The van der Waals surface area contributed by atoms with Crippen LogP contribution >= 0.6 is 0 Å². The molecule has 108 valence electrons. The van der Waals surface area contributed by atoms with Crippen molar-refractivity contribution in [3.63, 3.8) is 0 Å². The monoisotopic (exact) mass is 275 g/mol. The zero-order valence-corrected chi connectivity index (χ0v) is 11.7. The third kappa shape index (κ3) is 4.82. The number of unbranched alkanes of at least 4 members (excludes halogenated alkanes) is 2. The molecule has 0 heterocycles. The first-order valence-corrected chi connectivity index (χ1v) is 6.52. The summed E-state index contributed by atoms with van der Waals surface area (Å²) in [5, 5.41) is 15.0. The minimum absolute atomic E-state index is 0.0376. The molecule has 0 spiro atoms. The second kappa shape index (κ2) is 8.83. The molecule has 1 aromatic carbocycles. The number of nitrogens with one attached hydrogen (secondary N) is 1. The van der Waals surface area contributed by atoms with Crippen LogP contribution in [0.4, 0.5) is 0 Å². The van der Waals surface area contributed by atoms with Crippen LogP contribution in [0.1, 0.15) is 30.4 Å². The van der Waals surface area contributed by atoms with Gasteiger partial charge >= 0.3 is 0 Å². The first-order valence-electron chi connectivity index (χ1n) is 6.52. The van der Waals surface area contributed by atoms with Gasteiger partial charge in [-0.25, -0.2) is 0 Å². The van der Waals surface area contributed by atoms with Gasteiger partial charge in [-0.2, -0.15) is 0 Å². The molecule has 0 aromatic heterocycles. The van der Waals surface area contributed by atoms with Crippen LogP contribution in [-0.4, -0.2) is 24.7 Å². The summed E-state index contributed by atoms with van der Waals surface area (Å²) in [6, 6.07) is 5.58. The van der Waals surface area contributed by atoms with E-state index in [-0.39, 0.29) is 5.84 Å². The zero-order valence-electron chi connectivity index (χ0n) is 11.7. The summed E-state index contributed by atoms with van der Waals surface area (Å²) in [6.45, 7) is 1.66. The van der Waals surface area contributed by atoms with Crippen LogP contribution in [0.25, 0.3) is 0 Å². The second-order valence-electron chi connectivity index (χ2n) is 4.36. The molecule has 1 rings (SSSR count). The van der Waals surface area contributed by atoms with Crippen molar-refractivity contribution in [1.29, 1.82) is 0 Å². The number of nitrogens with zero attached hydrogens (tertiary/aromatic N) is 1. The Kier molecular flexibility index (Phi) is 7.01. The molecule has 5 heteroatoms. The third-order valence-corrected chi connectivity index (χ3v) is 2.90. The lowest BCUT2D eigenvalue weighted by atomic mass is 10.1. The Morgan fingerprint density at radius 2 is 2.30 bits per heavy atom. The minimum atomic E-state index is 0.0376. The lowest BCUT2D eigenvalue weighted by molar-refractivity contribution is 0.318. The number of terminal acetylenes is 1. The molecule has 0 fully saturated rings. The highest BCUT2D eigenvalue weighted by molar-refractivity contribution is 5.99. The van der Waals surface area contributed by atoms with Crippen molar-refractivity contribution in [3.05, 3.63) is 29.3 Å². The molecule has 0 bridgehead atoms. The normalized spacial score (nSPS) is 11.1. The van der Waals surface area contributed by atoms with Crippen molar-refractivity contribution < 1.29 is 9.94 Å². The molecular weight excluding hydrogens is 254 g/mol. The van der Waals surface area contributed by atoms with Crippen molar-refractivity contribution >= 4 is 5.84 Å². The summed E-state index contributed by atoms with van der Waals surface area (Å²) >= 11 is 0. The van der Waals surface area contributed by atoms with E-state index in [9.17, 15) is 0 Å². The maximum atomic E-state index is 8.70. The van der Waals surface area contributed by atoms with E-state index in [1.54, 1.807) is 13.2 Å². The van der Waals surface area contributed by atoms with E-state index in [1.165, 1.54) is 0 Å². The number of nitrogens with two attached hydrogens (primary N) is 1. The van der Waals surface area contributed by atoms with Crippen molar-refractivity contribution in [2.45, 2.75) is 25.8 Å². The van der Waals surface area contributed by atoms with Gasteiger partial charge in [0.2, 0.25) is 0 Å².